The fourth-order valence-electron chi connectivity index (χ4n) is 4.38. The van der Waals surface area contributed by atoms with E-state index in [2.05, 4.69) is 47.2 Å². The van der Waals surface area contributed by atoms with Gasteiger partial charge in [0.15, 0.2) is 0 Å². The van der Waals surface area contributed by atoms with E-state index in [1.54, 1.807) is 0 Å². The van der Waals surface area contributed by atoms with E-state index >= 15 is 0 Å². The molecule has 1 saturated heterocycles. The average Bonchev–Trinajstić information content (AvgIpc) is 2.70. The average molecular weight is 364 g/mol. The molecular weight excluding hydrogens is 334 g/mol. The predicted molar refractivity (Wildman–Crippen MR) is 110 cm³/mol. The minimum Gasteiger partial charge on any atom is -0.343 e. The van der Waals surface area contributed by atoms with Crippen molar-refractivity contribution in [3.63, 3.8) is 0 Å². The number of nitrogens with zero attached hydrogens (tertiary/aromatic N) is 2. The maximum atomic E-state index is 12.7. The van der Waals surface area contributed by atoms with Gasteiger partial charge < -0.3 is 15.1 Å². The third-order valence-electron chi connectivity index (χ3n) is 5.96. The van der Waals surface area contributed by atoms with Crippen molar-refractivity contribution in [3.05, 3.63) is 65.7 Å². The van der Waals surface area contributed by atoms with Gasteiger partial charge in [0.05, 0.1) is 11.3 Å². The molecule has 1 N–H and O–H groups in total. The number of anilines is 1. The number of amides is 1. The molecule has 1 amide bonds. The number of fused-ring (bicyclic) bond motifs is 1. The Morgan fingerprint density at radius 3 is 2.44 bits per heavy atom. The zero-order chi connectivity index (χ0) is 18.8. The summed E-state index contributed by atoms with van der Waals surface area (Å²) in [6, 6.07) is 18.6. The van der Waals surface area contributed by atoms with Crippen LogP contribution in [0.25, 0.3) is 0 Å². The molecule has 0 radical (unpaired) electrons. The first-order valence-corrected chi connectivity index (χ1v) is 10.1. The van der Waals surface area contributed by atoms with Crippen LogP contribution in [0.5, 0.6) is 0 Å². The molecule has 4 nitrogen and oxygen atoms in total. The van der Waals surface area contributed by atoms with E-state index in [1.165, 1.54) is 25.9 Å². The Labute approximate surface area is 162 Å². The van der Waals surface area contributed by atoms with Gasteiger partial charge in [-0.1, -0.05) is 49.4 Å². The van der Waals surface area contributed by atoms with Gasteiger partial charge in [-0.3, -0.25) is 4.79 Å². The minimum atomic E-state index is -0.132. The molecule has 4 heteroatoms. The van der Waals surface area contributed by atoms with Crippen LogP contribution in [0.15, 0.2) is 54.6 Å². The Morgan fingerprint density at radius 2 is 1.70 bits per heavy atom. The lowest BCUT2D eigenvalue weighted by Crippen LogP contribution is -2.53. The largest absolute Gasteiger partial charge is 0.343 e. The van der Waals surface area contributed by atoms with Gasteiger partial charge in [0.1, 0.15) is 6.17 Å². The number of nitrogens with one attached hydrogen (secondary N) is 1. The van der Waals surface area contributed by atoms with Crippen molar-refractivity contribution in [3.8, 4) is 0 Å². The number of benzene rings is 2. The van der Waals surface area contributed by atoms with Crippen LogP contribution >= 0.6 is 0 Å². The van der Waals surface area contributed by atoms with Gasteiger partial charge >= 0.3 is 0 Å². The maximum Gasteiger partial charge on any atom is 0.255 e. The molecule has 142 valence electrons. The van der Waals surface area contributed by atoms with Crippen LogP contribution in [0.1, 0.15) is 48.8 Å². The number of rotatable bonds is 4. The molecule has 2 heterocycles. The maximum absolute atomic E-state index is 12.7. The smallest absolute Gasteiger partial charge is 0.255 e. The fourth-order valence-corrected chi connectivity index (χ4v) is 4.38. The number of likely N-dealkylation sites (tertiary alicyclic amines) is 1. The molecular formula is C23H29N3O. The highest BCUT2D eigenvalue weighted by Crippen LogP contribution is 2.35. The summed E-state index contributed by atoms with van der Waals surface area (Å²) in [6.07, 6.45) is 2.43. The van der Waals surface area contributed by atoms with Crippen molar-refractivity contribution >= 4 is 11.6 Å². The van der Waals surface area contributed by atoms with Crippen molar-refractivity contribution in [1.29, 1.82) is 0 Å². The zero-order valence-electron chi connectivity index (χ0n) is 16.3. The van der Waals surface area contributed by atoms with Crippen molar-refractivity contribution in [1.82, 2.24) is 10.2 Å². The van der Waals surface area contributed by atoms with Gasteiger partial charge in [-0.15, -0.1) is 0 Å². The Bertz CT molecular complexity index is 783. The molecule has 0 spiro atoms. The van der Waals surface area contributed by atoms with E-state index in [9.17, 15) is 4.79 Å². The van der Waals surface area contributed by atoms with Gasteiger partial charge in [-0.25, -0.2) is 0 Å². The zero-order valence-corrected chi connectivity index (χ0v) is 16.3. The van der Waals surface area contributed by atoms with Crippen LogP contribution in [0.4, 0.5) is 5.69 Å². The van der Waals surface area contributed by atoms with Crippen LogP contribution < -0.4 is 10.2 Å². The molecule has 2 aromatic rings. The number of carbonyl (C=O) groups is 1. The number of hydrogen-bond acceptors (Lipinski definition) is 3. The number of carbonyl (C=O) groups excluding carboxylic acids is 1. The molecule has 2 aliphatic heterocycles. The molecule has 27 heavy (non-hydrogen) atoms. The molecule has 0 aromatic heterocycles. The third kappa shape index (κ3) is 3.72. The summed E-state index contributed by atoms with van der Waals surface area (Å²) >= 11 is 0. The quantitative estimate of drug-likeness (QED) is 0.890. The topological polar surface area (TPSA) is 35.6 Å². The van der Waals surface area contributed by atoms with Gasteiger partial charge in [-0.2, -0.15) is 0 Å². The predicted octanol–water partition coefficient (Wildman–Crippen LogP) is 4.06. The monoisotopic (exact) mass is 363 g/mol. The first-order valence-electron chi connectivity index (χ1n) is 10.1. The summed E-state index contributed by atoms with van der Waals surface area (Å²) in [5.74, 6) is 0.846. The van der Waals surface area contributed by atoms with E-state index in [-0.39, 0.29) is 12.1 Å². The van der Waals surface area contributed by atoms with E-state index in [1.807, 2.05) is 36.4 Å². The van der Waals surface area contributed by atoms with E-state index < -0.39 is 0 Å². The number of piperidine rings is 1. The van der Waals surface area contributed by atoms with Crippen molar-refractivity contribution in [2.24, 2.45) is 5.92 Å². The highest BCUT2D eigenvalue weighted by Gasteiger charge is 2.35. The molecule has 2 atom stereocenters. The molecule has 2 aliphatic rings. The van der Waals surface area contributed by atoms with E-state index in [0.29, 0.717) is 6.04 Å². The highest BCUT2D eigenvalue weighted by molar-refractivity contribution is 6.02. The van der Waals surface area contributed by atoms with Crippen LogP contribution in [0, 0.1) is 5.92 Å². The van der Waals surface area contributed by atoms with Gasteiger partial charge in [0, 0.05) is 12.6 Å². The molecule has 4 rings (SSSR count). The molecule has 0 bridgehead atoms. The van der Waals surface area contributed by atoms with Crippen molar-refractivity contribution in [2.75, 3.05) is 24.5 Å². The van der Waals surface area contributed by atoms with Crippen LogP contribution in [-0.4, -0.2) is 36.5 Å². The lowest BCUT2D eigenvalue weighted by atomic mass is 9.98. The lowest BCUT2D eigenvalue weighted by molar-refractivity contribution is 0.0920. The Morgan fingerprint density at radius 1 is 1.04 bits per heavy atom. The SMILES string of the molecule is CC1CCN(CC(C)N2c3ccccc3C(=O)NC2c2ccccc2)CC1. The minimum absolute atomic E-state index is 0.00898. The summed E-state index contributed by atoms with van der Waals surface area (Å²) in [5.41, 5.74) is 2.93. The second-order valence-corrected chi connectivity index (χ2v) is 8.04. The first kappa shape index (κ1) is 18.1. The molecule has 2 aromatic carbocycles. The van der Waals surface area contributed by atoms with E-state index in [0.717, 1.165) is 29.3 Å². The van der Waals surface area contributed by atoms with E-state index in [4.69, 9.17) is 0 Å². The highest BCUT2D eigenvalue weighted by atomic mass is 16.2. The summed E-state index contributed by atoms with van der Waals surface area (Å²) < 4.78 is 0. The molecule has 2 unspecified atom stereocenters. The fraction of sp³-hybridized carbons (Fsp3) is 0.435. The van der Waals surface area contributed by atoms with Gasteiger partial charge in [-0.05, 0) is 56.5 Å². The number of hydrogen-bond donors (Lipinski definition) is 1. The standard InChI is InChI=1S/C23H29N3O/c1-17-12-14-25(15-13-17)16-18(2)26-21-11-7-6-10-20(21)23(27)24-22(26)19-8-4-3-5-9-19/h3-11,17-18,22H,12-16H2,1-2H3,(H,24,27). The summed E-state index contributed by atoms with van der Waals surface area (Å²) in [7, 11) is 0. The Hall–Kier alpha value is -2.33. The Balaban J connectivity index is 1.64. The molecule has 0 aliphatic carbocycles. The van der Waals surface area contributed by atoms with Crippen LogP contribution in [0.2, 0.25) is 0 Å². The van der Waals surface area contributed by atoms with Crippen molar-refractivity contribution in [2.45, 2.75) is 38.9 Å². The first-order chi connectivity index (χ1) is 13.1. The van der Waals surface area contributed by atoms with Crippen molar-refractivity contribution < 1.29 is 4.79 Å². The molecule has 0 saturated carbocycles. The second-order valence-electron chi connectivity index (χ2n) is 8.04. The summed E-state index contributed by atoms with van der Waals surface area (Å²) in [5, 5.41) is 3.23. The number of para-hydroxylation sites is 1. The summed E-state index contributed by atoms with van der Waals surface area (Å²) in [6.45, 7) is 7.98. The van der Waals surface area contributed by atoms with Gasteiger partial charge in [0.2, 0.25) is 0 Å². The lowest BCUT2D eigenvalue weighted by Gasteiger charge is -2.45. The molecule has 1 fully saturated rings. The van der Waals surface area contributed by atoms with Crippen LogP contribution in [-0.2, 0) is 0 Å². The third-order valence-corrected chi connectivity index (χ3v) is 5.96. The Kier molecular flexibility index (Phi) is 5.17. The normalized spacial score (nSPS) is 22.2. The summed E-state index contributed by atoms with van der Waals surface area (Å²) in [4.78, 5) is 17.7. The van der Waals surface area contributed by atoms with Crippen LogP contribution in [0.3, 0.4) is 0 Å². The second kappa shape index (κ2) is 7.73. The van der Waals surface area contributed by atoms with Gasteiger partial charge in [0.25, 0.3) is 5.91 Å².